The van der Waals surface area contributed by atoms with Crippen LogP contribution in [0.15, 0.2) is 24.3 Å². The van der Waals surface area contributed by atoms with E-state index in [0.717, 1.165) is 0 Å². The molecule has 6 nitrogen and oxygen atoms in total. The maximum absolute atomic E-state index is 11.8. The van der Waals surface area contributed by atoms with Crippen molar-refractivity contribution < 1.29 is 19.5 Å². The molecule has 0 saturated heterocycles. The van der Waals surface area contributed by atoms with Gasteiger partial charge in [0.1, 0.15) is 0 Å². The molecule has 0 aromatic heterocycles. The summed E-state index contributed by atoms with van der Waals surface area (Å²) in [6, 6.07) is 4.65. The number of ketones is 1. The summed E-state index contributed by atoms with van der Waals surface area (Å²) in [7, 11) is 0. The lowest BCUT2D eigenvalue weighted by Gasteiger charge is -2.25. The third-order valence-corrected chi connectivity index (χ3v) is 3.30. The predicted molar refractivity (Wildman–Crippen MR) is 76.9 cm³/mol. The van der Waals surface area contributed by atoms with Gasteiger partial charge >= 0.3 is 6.03 Å². The van der Waals surface area contributed by atoms with Crippen molar-refractivity contribution >= 4 is 23.5 Å². The van der Waals surface area contributed by atoms with E-state index in [9.17, 15) is 19.5 Å². The number of carbonyl (C=O) groups is 3. The van der Waals surface area contributed by atoms with Gasteiger partial charge in [-0.2, -0.15) is 0 Å². The first kappa shape index (κ1) is 16.7. The Morgan fingerprint density at radius 1 is 1.19 bits per heavy atom. The number of benzene rings is 1. The van der Waals surface area contributed by atoms with E-state index in [2.05, 4.69) is 10.6 Å². The van der Waals surface area contributed by atoms with Crippen molar-refractivity contribution in [2.45, 2.75) is 33.2 Å². The maximum atomic E-state index is 11.8. The van der Waals surface area contributed by atoms with Gasteiger partial charge in [0.25, 0.3) is 0 Å². The van der Waals surface area contributed by atoms with Crippen LogP contribution in [0.2, 0.25) is 0 Å². The molecule has 21 heavy (non-hydrogen) atoms. The van der Waals surface area contributed by atoms with Crippen molar-refractivity contribution in [2.75, 3.05) is 5.32 Å². The molecule has 2 atom stereocenters. The van der Waals surface area contributed by atoms with Crippen molar-refractivity contribution in [3.8, 4) is 0 Å². The van der Waals surface area contributed by atoms with Crippen LogP contribution in [-0.2, 0) is 4.79 Å². The molecule has 0 radical (unpaired) electrons. The molecule has 114 valence electrons. The van der Waals surface area contributed by atoms with Gasteiger partial charge < -0.3 is 20.5 Å². The Labute approximate surface area is 123 Å². The van der Waals surface area contributed by atoms with Crippen LogP contribution in [0.3, 0.4) is 0 Å². The molecule has 1 aromatic carbocycles. The van der Waals surface area contributed by atoms with E-state index in [1.165, 1.54) is 6.92 Å². The molecule has 6 heteroatoms. The molecule has 0 aliphatic rings. The van der Waals surface area contributed by atoms with Gasteiger partial charge in [0.15, 0.2) is 5.78 Å². The Morgan fingerprint density at radius 3 is 2.19 bits per heavy atom. The van der Waals surface area contributed by atoms with Gasteiger partial charge in [-0.3, -0.25) is 4.79 Å². The number of aliphatic carboxylic acids is 1. The minimum atomic E-state index is -1.31. The number of carboxylic acids is 1. The van der Waals surface area contributed by atoms with E-state index in [1.807, 2.05) is 6.92 Å². The summed E-state index contributed by atoms with van der Waals surface area (Å²) >= 11 is 0. The summed E-state index contributed by atoms with van der Waals surface area (Å²) in [6.07, 6.45) is 0.603. The Morgan fingerprint density at radius 2 is 1.76 bits per heavy atom. The molecule has 2 amide bonds. The average molecular weight is 291 g/mol. The van der Waals surface area contributed by atoms with E-state index in [4.69, 9.17) is 0 Å². The number of anilines is 1. The smallest absolute Gasteiger partial charge is 0.319 e. The molecule has 2 N–H and O–H groups in total. The van der Waals surface area contributed by atoms with E-state index >= 15 is 0 Å². The number of amides is 2. The number of hydrogen-bond acceptors (Lipinski definition) is 4. The van der Waals surface area contributed by atoms with Crippen LogP contribution in [0.1, 0.15) is 37.6 Å². The Kier molecular flexibility index (Phi) is 5.90. The summed E-state index contributed by atoms with van der Waals surface area (Å²) < 4.78 is 0. The van der Waals surface area contributed by atoms with Crippen molar-refractivity contribution in [3.05, 3.63) is 29.8 Å². The fourth-order valence-electron chi connectivity index (χ4n) is 1.77. The quantitative estimate of drug-likeness (QED) is 0.769. The van der Waals surface area contributed by atoms with Crippen molar-refractivity contribution in [3.63, 3.8) is 0 Å². The number of Topliss-reactive ketones (excluding diaryl/α,β-unsaturated/α-hetero) is 1. The van der Waals surface area contributed by atoms with Crippen LogP contribution in [0.5, 0.6) is 0 Å². The fourth-order valence-corrected chi connectivity index (χ4v) is 1.77. The summed E-state index contributed by atoms with van der Waals surface area (Å²) in [5.74, 6) is -1.62. The number of carbonyl (C=O) groups excluding carboxylic acids is 3. The van der Waals surface area contributed by atoms with E-state index in [1.54, 1.807) is 31.2 Å². The number of nitrogens with one attached hydrogen (secondary N) is 2. The zero-order valence-electron chi connectivity index (χ0n) is 12.3. The second kappa shape index (κ2) is 7.42. The number of hydrogen-bond donors (Lipinski definition) is 2. The van der Waals surface area contributed by atoms with Crippen LogP contribution in [0.25, 0.3) is 0 Å². The maximum Gasteiger partial charge on any atom is 0.319 e. The molecule has 1 rings (SSSR count). The lowest BCUT2D eigenvalue weighted by molar-refractivity contribution is -0.309. The molecular weight excluding hydrogens is 272 g/mol. The highest BCUT2D eigenvalue weighted by Gasteiger charge is 2.19. The zero-order chi connectivity index (χ0) is 16.0. The topological polar surface area (TPSA) is 98.3 Å². The molecular formula is C15H19N2O4-. The first-order valence-electron chi connectivity index (χ1n) is 6.74. The van der Waals surface area contributed by atoms with Crippen molar-refractivity contribution in [2.24, 2.45) is 5.92 Å². The summed E-state index contributed by atoms with van der Waals surface area (Å²) in [4.78, 5) is 33.9. The molecule has 1 aromatic rings. The lowest BCUT2D eigenvalue weighted by Crippen LogP contribution is -2.52. The monoisotopic (exact) mass is 291 g/mol. The van der Waals surface area contributed by atoms with Crippen molar-refractivity contribution in [1.29, 1.82) is 0 Å². The molecule has 0 unspecified atom stereocenters. The Hall–Kier alpha value is -2.37. The number of urea groups is 1. The third kappa shape index (κ3) is 4.91. The first-order valence-corrected chi connectivity index (χ1v) is 6.74. The van der Waals surface area contributed by atoms with Gasteiger partial charge in [-0.05, 0) is 37.1 Å². The largest absolute Gasteiger partial charge is 0.548 e. The van der Waals surface area contributed by atoms with Crippen molar-refractivity contribution in [1.82, 2.24) is 5.32 Å². The van der Waals surface area contributed by atoms with E-state index in [-0.39, 0.29) is 11.7 Å². The van der Waals surface area contributed by atoms with E-state index < -0.39 is 18.0 Å². The molecule has 0 bridgehead atoms. The van der Waals surface area contributed by atoms with Gasteiger partial charge in [0.05, 0.1) is 12.0 Å². The summed E-state index contributed by atoms with van der Waals surface area (Å²) in [5.41, 5.74) is 1.01. The van der Waals surface area contributed by atoms with E-state index in [0.29, 0.717) is 17.7 Å². The van der Waals surface area contributed by atoms with Gasteiger partial charge in [0.2, 0.25) is 0 Å². The third-order valence-electron chi connectivity index (χ3n) is 3.30. The zero-order valence-corrected chi connectivity index (χ0v) is 12.3. The van der Waals surface area contributed by atoms with Crippen LogP contribution in [0.4, 0.5) is 10.5 Å². The first-order chi connectivity index (χ1) is 9.85. The SMILES string of the molecule is CC[C@@H](C)[C@@H](NC(=O)Nc1ccc(C(C)=O)cc1)C(=O)[O-]. The highest BCUT2D eigenvalue weighted by atomic mass is 16.4. The van der Waals surface area contributed by atoms with Gasteiger partial charge in [-0.25, -0.2) is 4.79 Å². The van der Waals surface area contributed by atoms with Crippen LogP contribution < -0.4 is 15.7 Å². The fraction of sp³-hybridized carbons (Fsp3) is 0.400. The normalized spacial score (nSPS) is 13.1. The molecule has 0 heterocycles. The molecule has 0 saturated carbocycles. The summed E-state index contributed by atoms with van der Waals surface area (Å²) in [5, 5.41) is 15.9. The number of rotatable bonds is 6. The molecule has 0 aliphatic heterocycles. The molecule has 0 fully saturated rings. The van der Waals surface area contributed by atoms with Gasteiger partial charge in [-0.1, -0.05) is 20.3 Å². The van der Waals surface area contributed by atoms with Crippen LogP contribution >= 0.6 is 0 Å². The molecule has 0 spiro atoms. The predicted octanol–water partition coefficient (Wildman–Crippen LogP) is 1.18. The second-order valence-electron chi connectivity index (χ2n) is 4.91. The van der Waals surface area contributed by atoms with Gasteiger partial charge in [-0.15, -0.1) is 0 Å². The number of carboxylic acid groups (broad SMARTS) is 1. The van der Waals surface area contributed by atoms with Crippen LogP contribution in [-0.4, -0.2) is 23.8 Å². The van der Waals surface area contributed by atoms with Gasteiger partial charge in [0, 0.05) is 11.3 Å². The standard InChI is InChI=1S/C15H20N2O4/c1-4-9(2)13(14(19)20)17-15(21)16-12-7-5-11(6-8-12)10(3)18/h5-9,13H,4H2,1-3H3,(H,19,20)(H2,16,17,21)/p-1/t9-,13-/m1/s1. The van der Waals surface area contributed by atoms with Crippen LogP contribution in [0, 0.1) is 5.92 Å². The Bertz CT molecular complexity index is 525. The lowest BCUT2D eigenvalue weighted by atomic mass is 9.99. The molecule has 0 aliphatic carbocycles. The Balaban J connectivity index is 2.67. The highest BCUT2D eigenvalue weighted by Crippen LogP contribution is 2.11. The second-order valence-corrected chi connectivity index (χ2v) is 4.91. The minimum absolute atomic E-state index is 0.0696. The summed E-state index contributed by atoms with van der Waals surface area (Å²) in [6.45, 7) is 5.01. The highest BCUT2D eigenvalue weighted by molar-refractivity contribution is 5.95. The minimum Gasteiger partial charge on any atom is -0.548 e. The average Bonchev–Trinajstić information content (AvgIpc) is 2.44.